The summed E-state index contributed by atoms with van der Waals surface area (Å²) in [7, 11) is 1.65. The van der Waals surface area contributed by atoms with Crippen LogP contribution in [0.2, 0.25) is 0 Å². The number of benzene rings is 1. The van der Waals surface area contributed by atoms with E-state index in [1.807, 2.05) is 35.0 Å². The minimum Gasteiger partial charge on any atom is -0.497 e. The number of hydrogen-bond donors (Lipinski definition) is 1. The molecule has 0 aliphatic carbocycles. The first-order valence-electron chi connectivity index (χ1n) is 10.9. The molecule has 2 rings (SSSR count). The third-order valence-electron chi connectivity index (χ3n) is 5.33. The molecule has 31 heavy (non-hydrogen) atoms. The summed E-state index contributed by atoms with van der Waals surface area (Å²) in [5.41, 5.74) is 0.444. The number of imidazole rings is 1. The number of carboxylic acid groups (broad SMARTS) is 1. The van der Waals surface area contributed by atoms with Crippen LogP contribution >= 0.6 is 0 Å². The monoisotopic (exact) mass is 432 g/mol. The van der Waals surface area contributed by atoms with Crippen LogP contribution in [0.5, 0.6) is 5.75 Å². The minimum absolute atomic E-state index is 0.0570. The fourth-order valence-electron chi connectivity index (χ4n) is 3.19. The molecule has 1 N–H and O–H groups in total. The summed E-state index contributed by atoms with van der Waals surface area (Å²) in [5.74, 6) is 0.101. The smallest absolute Gasteiger partial charge is 0.309 e. The van der Waals surface area contributed by atoms with Gasteiger partial charge in [0.05, 0.1) is 44.7 Å². The highest BCUT2D eigenvalue weighted by molar-refractivity contribution is 5.73. The van der Waals surface area contributed by atoms with Gasteiger partial charge in [-0.1, -0.05) is 31.4 Å². The summed E-state index contributed by atoms with van der Waals surface area (Å²) in [6.07, 6.45) is 10.0. The molecule has 0 fully saturated rings. The van der Waals surface area contributed by atoms with Crippen LogP contribution in [0.15, 0.2) is 43.0 Å². The Morgan fingerprint density at radius 3 is 2.55 bits per heavy atom. The van der Waals surface area contributed by atoms with Crippen LogP contribution in [0.4, 0.5) is 0 Å². The van der Waals surface area contributed by atoms with Crippen molar-refractivity contribution in [2.45, 2.75) is 65.2 Å². The van der Waals surface area contributed by atoms with Crippen LogP contribution in [-0.2, 0) is 27.4 Å². The van der Waals surface area contributed by atoms with Crippen molar-refractivity contribution < 1.29 is 24.1 Å². The van der Waals surface area contributed by atoms with E-state index in [0.717, 1.165) is 37.0 Å². The largest absolute Gasteiger partial charge is 0.497 e. The predicted molar refractivity (Wildman–Crippen MR) is 119 cm³/mol. The van der Waals surface area contributed by atoms with E-state index in [9.17, 15) is 9.90 Å². The average Bonchev–Trinajstić information content (AvgIpc) is 3.26. The van der Waals surface area contributed by atoms with Gasteiger partial charge in [0.25, 0.3) is 0 Å². The maximum absolute atomic E-state index is 11.2. The highest BCUT2D eigenvalue weighted by atomic mass is 16.5. The zero-order chi connectivity index (χ0) is 22.5. The number of methoxy groups -OCH3 is 1. The van der Waals surface area contributed by atoms with Crippen LogP contribution in [0, 0.1) is 5.41 Å². The number of hydrogen-bond acceptors (Lipinski definition) is 5. The Kier molecular flexibility index (Phi) is 10.5. The van der Waals surface area contributed by atoms with Gasteiger partial charge in [-0.3, -0.25) is 4.79 Å². The van der Waals surface area contributed by atoms with Crippen LogP contribution < -0.4 is 4.74 Å². The Morgan fingerprint density at radius 1 is 1.16 bits per heavy atom. The van der Waals surface area contributed by atoms with Gasteiger partial charge in [-0.2, -0.15) is 0 Å². The summed E-state index contributed by atoms with van der Waals surface area (Å²) in [6.45, 7) is 5.93. The van der Waals surface area contributed by atoms with Gasteiger partial charge < -0.3 is 23.9 Å². The van der Waals surface area contributed by atoms with Crippen LogP contribution in [0.25, 0.3) is 0 Å². The Labute approximate surface area is 185 Å². The van der Waals surface area contributed by atoms with Gasteiger partial charge in [-0.05, 0) is 44.4 Å². The van der Waals surface area contributed by atoms with Crippen LogP contribution in [-0.4, -0.2) is 47.1 Å². The van der Waals surface area contributed by atoms with E-state index in [-0.39, 0.29) is 6.10 Å². The second kappa shape index (κ2) is 13.1. The quantitative estimate of drug-likeness (QED) is 0.392. The van der Waals surface area contributed by atoms with E-state index in [1.165, 1.54) is 0 Å². The van der Waals surface area contributed by atoms with Gasteiger partial charge in [0.1, 0.15) is 5.75 Å². The molecule has 0 aliphatic rings. The molecular weight excluding hydrogens is 396 g/mol. The van der Waals surface area contributed by atoms with Gasteiger partial charge >= 0.3 is 5.97 Å². The van der Waals surface area contributed by atoms with Crippen molar-refractivity contribution in [3.63, 3.8) is 0 Å². The molecule has 7 heteroatoms. The van der Waals surface area contributed by atoms with E-state index in [1.54, 1.807) is 33.5 Å². The van der Waals surface area contributed by atoms with Gasteiger partial charge in [0.2, 0.25) is 0 Å². The molecule has 0 radical (unpaired) electrons. The number of rotatable bonds is 16. The first-order valence-corrected chi connectivity index (χ1v) is 10.9. The second-order valence-electron chi connectivity index (χ2n) is 8.47. The number of aliphatic carboxylic acids is 1. The number of unbranched alkanes of at least 4 members (excludes halogenated alkanes) is 3. The zero-order valence-corrected chi connectivity index (χ0v) is 19.0. The van der Waals surface area contributed by atoms with Crippen molar-refractivity contribution in [2.75, 3.05) is 20.3 Å². The molecule has 1 heterocycles. The molecule has 0 saturated heterocycles. The molecule has 1 atom stereocenters. The lowest BCUT2D eigenvalue weighted by molar-refractivity contribution is -0.147. The topological polar surface area (TPSA) is 82.8 Å². The van der Waals surface area contributed by atoms with E-state index >= 15 is 0 Å². The standard InChI is InChI=1S/C24H36N2O5/c1-24(2,23(27)28)12-6-4-5-7-15-31-22(16-26-14-13-25-19-26)18-30-17-20-8-10-21(29-3)11-9-20/h8-11,13-14,19,22H,4-7,12,15-18H2,1-3H3,(H,27,28). The maximum atomic E-state index is 11.2. The van der Waals surface area contributed by atoms with Gasteiger partial charge in [0, 0.05) is 19.0 Å². The number of nitrogens with zero attached hydrogens (tertiary/aromatic N) is 2. The Balaban J connectivity index is 1.68. The molecule has 1 aromatic heterocycles. The molecule has 7 nitrogen and oxygen atoms in total. The predicted octanol–water partition coefficient (Wildman–Crippen LogP) is 4.56. The van der Waals surface area contributed by atoms with E-state index in [0.29, 0.717) is 32.8 Å². The Bertz CT molecular complexity index is 744. The molecule has 0 saturated carbocycles. The van der Waals surface area contributed by atoms with Crippen molar-refractivity contribution in [3.8, 4) is 5.75 Å². The Hall–Kier alpha value is -2.38. The maximum Gasteiger partial charge on any atom is 0.309 e. The Morgan fingerprint density at radius 2 is 1.90 bits per heavy atom. The molecule has 1 unspecified atom stereocenters. The highest BCUT2D eigenvalue weighted by Gasteiger charge is 2.25. The summed E-state index contributed by atoms with van der Waals surface area (Å²) in [4.78, 5) is 15.2. The van der Waals surface area contributed by atoms with Crippen LogP contribution in [0.1, 0.15) is 51.5 Å². The SMILES string of the molecule is COc1ccc(COCC(Cn2ccnc2)OCCCCCCC(C)(C)C(=O)O)cc1. The zero-order valence-electron chi connectivity index (χ0n) is 19.0. The summed E-state index contributed by atoms with van der Waals surface area (Å²) >= 11 is 0. The van der Waals surface area contributed by atoms with E-state index in [4.69, 9.17) is 14.2 Å². The third kappa shape index (κ3) is 9.53. The summed E-state index contributed by atoms with van der Waals surface area (Å²) < 4.78 is 19.2. The fraction of sp³-hybridized carbons (Fsp3) is 0.583. The van der Waals surface area contributed by atoms with Crippen molar-refractivity contribution in [1.82, 2.24) is 9.55 Å². The lowest BCUT2D eigenvalue weighted by Gasteiger charge is -2.19. The lowest BCUT2D eigenvalue weighted by Crippen LogP contribution is -2.26. The van der Waals surface area contributed by atoms with E-state index in [2.05, 4.69) is 4.98 Å². The highest BCUT2D eigenvalue weighted by Crippen LogP contribution is 2.24. The molecule has 0 amide bonds. The summed E-state index contributed by atoms with van der Waals surface area (Å²) in [5, 5.41) is 9.17. The molecule has 1 aromatic carbocycles. The van der Waals surface area contributed by atoms with Gasteiger partial charge in [-0.25, -0.2) is 4.98 Å². The number of carbonyl (C=O) groups is 1. The normalized spacial score (nSPS) is 12.6. The number of aromatic nitrogens is 2. The molecule has 172 valence electrons. The minimum atomic E-state index is -0.729. The molecule has 2 aromatic rings. The van der Waals surface area contributed by atoms with Gasteiger partial charge in [-0.15, -0.1) is 0 Å². The molecule has 0 spiro atoms. The summed E-state index contributed by atoms with van der Waals surface area (Å²) in [6, 6.07) is 7.85. The second-order valence-corrected chi connectivity index (χ2v) is 8.47. The molecule has 0 bridgehead atoms. The molecular formula is C24H36N2O5. The van der Waals surface area contributed by atoms with Crippen molar-refractivity contribution in [3.05, 3.63) is 48.5 Å². The third-order valence-corrected chi connectivity index (χ3v) is 5.33. The van der Waals surface area contributed by atoms with Gasteiger partial charge in [0.15, 0.2) is 0 Å². The first kappa shape index (κ1) is 24.9. The fourth-order valence-corrected chi connectivity index (χ4v) is 3.19. The van der Waals surface area contributed by atoms with Crippen molar-refractivity contribution in [1.29, 1.82) is 0 Å². The number of ether oxygens (including phenoxy) is 3. The van der Waals surface area contributed by atoms with Crippen LogP contribution in [0.3, 0.4) is 0 Å². The molecule has 0 aliphatic heterocycles. The van der Waals surface area contributed by atoms with Crippen molar-refractivity contribution in [2.24, 2.45) is 5.41 Å². The number of carboxylic acids is 1. The first-order chi connectivity index (χ1) is 14.9. The van der Waals surface area contributed by atoms with Crippen molar-refractivity contribution >= 4 is 5.97 Å². The van der Waals surface area contributed by atoms with E-state index < -0.39 is 11.4 Å². The lowest BCUT2D eigenvalue weighted by atomic mass is 9.87. The average molecular weight is 433 g/mol.